The van der Waals surface area contributed by atoms with Crippen LogP contribution in [0.2, 0.25) is 0 Å². The maximum Gasteiger partial charge on any atom is 2.00 e. The molecule has 7 aromatic rings. The van der Waals surface area contributed by atoms with E-state index < -0.39 is 0 Å². The van der Waals surface area contributed by atoms with Crippen LogP contribution in [0.3, 0.4) is 0 Å². The molecule has 4 aromatic carbocycles. The maximum absolute atomic E-state index is 6.51. The van der Waals surface area contributed by atoms with Crippen molar-refractivity contribution < 1.29 is 25.2 Å². The summed E-state index contributed by atoms with van der Waals surface area (Å²) in [4.78, 5) is 6.87. The van der Waals surface area contributed by atoms with Crippen LogP contribution in [0.15, 0.2) is 85.1 Å². The van der Waals surface area contributed by atoms with E-state index in [0.717, 1.165) is 44.6 Å². The van der Waals surface area contributed by atoms with Gasteiger partial charge in [0.2, 0.25) is 0 Å². The molecular formula is C43H43N5OPd. The van der Waals surface area contributed by atoms with Crippen molar-refractivity contribution in [1.82, 2.24) is 19.3 Å². The average molecular weight is 752 g/mol. The fraction of sp³-hybridized carbons (Fsp3) is 0.256. The molecule has 0 radical (unpaired) electrons. The van der Waals surface area contributed by atoms with E-state index in [2.05, 4.69) is 143 Å². The molecule has 3 heterocycles. The van der Waals surface area contributed by atoms with E-state index in [1.165, 1.54) is 33.6 Å². The first-order chi connectivity index (χ1) is 23.5. The van der Waals surface area contributed by atoms with Crippen LogP contribution in [0, 0.1) is 32.9 Å². The summed E-state index contributed by atoms with van der Waals surface area (Å²) < 4.78 is 10.8. The molecule has 0 saturated carbocycles. The number of ether oxygens (including phenoxy) is 1. The molecule has 0 aliphatic carbocycles. The molecule has 0 aliphatic heterocycles. The first-order valence-corrected chi connectivity index (χ1v) is 17.0. The van der Waals surface area contributed by atoms with E-state index in [1.807, 2.05) is 30.5 Å². The number of para-hydroxylation sites is 1. The number of aromatic nitrogens is 4. The van der Waals surface area contributed by atoms with Crippen LogP contribution in [0.1, 0.15) is 67.6 Å². The Hall–Kier alpha value is -4.70. The molecule has 6 nitrogen and oxygen atoms in total. The van der Waals surface area contributed by atoms with Crippen molar-refractivity contribution in [2.45, 2.75) is 60.3 Å². The molecule has 50 heavy (non-hydrogen) atoms. The van der Waals surface area contributed by atoms with E-state index in [0.29, 0.717) is 11.5 Å². The normalized spacial score (nSPS) is 11.5. The average Bonchev–Trinajstić information content (AvgIpc) is 3.61. The SMILES string of the molecule is Cc1ccnc(-n2c3[c-]c(Oc4[c-]c(-n5nc(C(C)C)c(-c6c(C)cc(N(C)C)cc6C)c5C(C)C)ccc4)ccc3c3ccccc32)c1.[Pd+2]. The van der Waals surface area contributed by atoms with E-state index in [1.54, 1.807) is 0 Å². The summed E-state index contributed by atoms with van der Waals surface area (Å²) in [5.41, 5.74) is 12.4. The third kappa shape index (κ3) is 6.26. The molecule has 0 spiro atoms. The molecule has 0 aliphatic rings. The molecule has 256 valence electrons. The molecule has 3 aromatic heterocycles. The molecule has 0 fully saturated rings. The molecule has 7 rings (SSSR count). The minimum Gasteiger partial charge on any atom is -0.509 e. The van der Waals surface area contributed by atoms with Gasteiger partial charge in [-0.05, 0) is 96.3 Å². The van der Waals surface area contributed by atoms with Gasteiger partial charge in [-0.3, -0.25) is 4.68 Å². The molecule has 0 saturated heterocycles. The Morgan fingerprint density at radius 2 is 1.46 bits per heavy atom. The Bertz CT molecular complexity index is 2320. The zero-order chi connectivity index (χ0) is 34.6. The van der Waals surface area contributed by atoms with Crippen LogP contribution in [-0.4, -0.2) is 33.4 Å². The second kappa shape index (κ2) is 13.9. The van der Waals surface area contributed by atoms with E-state index in [9.17, 15) is 0 Å². The molecule has 7 heteroatoms. The summed E-state index contributed by atoms with van der Waals surface area (Å²) in [7, 11) is 4.18. The first-order valence-electron chi connectivity index (χ1n) is 17.0. The maximum atomic E-state index is 6.51. The largest absolute Gasteiger partial charge is 2.00 e. The third-order valence-corrected chi connectivity index (χ3v) is 9.21. The van der Waals surface area contributed by atoms with Crippen molar-refractivity contribution >= 4 is 27.5 Å². The quantitative estimate of drug-likeness (QED) is 0.115. The number of benzene rings is 4. The number of fused-ring (bicyclic) bond motifs is 3. The second-order valence-electron chi connectivity index (χ2n) is 13.8. The smallest absolute Gasteiger partial charge is 0.509 e. The van der Waals surface area contributed by atoms with Crippen molar-refractivity contribution in [3.63, 3.8) is 0 Å². The van der Waals surface area contributed by atoms with Gasteiger partial charge in [0.1, 0.15) is 5.82 Å². The van der Waals surface area contributed by atoms with Gasteiger partial charge in [-0.25, -0.2) is 4.98 Å². The molecule has 0 atom stereocenters. The number of rotatable bonds is 8. The number of hydrogen-bond acceptors (Lipinski definition) is 4. The number of aryl methyl sites for hydroxylation is 3. The Morgan fingerprint density at radius 3 is 2.14 bits per heavy atom. The second-order valence-corrected chi connectivity index (χ2v) is 13.8. The Balaban J connectivity index is 0.00000432. The molecule has 0 unspecified atom stereocenters. The van der Waals surface area contributed by atoms with Gasteiger partial charge in [0.05, 0.1) is 11.4 Å². The summed E-state index contributed by atoms with van der Waals surface area (Å²) in [6.45, 7) is 15.4. The fourth-order valence-electron chi connectivity index (χ4n) is 6.97. The minimum atomic E-state index is 0. The van der Waals surface area contributed by atoms with Crippen LogP contribution in [0.4, 0.5) is 5.69 Å². The molecular weight excluding hydrogens is 709 g/mol. The fourth-order valence-corrected chi connectivity index (χ4v) is 6.97. The predicted molar refractivity (Wildman–Crippen MR) is 202 cm³/mol. The monoisotopic (exact) mass is 751 g/mol. The van der Waals surface area contributed by atoms with Crippen molar-refractivity contribution in [2.24, 2.45) is 0 Å². The van der Waals surface area contributed by atoms with Crippen LogP contribution in [0.25, 0.3) is 44.4 Å². The zero-order valence-electron chi connectivity index (χ0n) is 30.2. The van der Waals surface area contributed by atoms with Crippen molar-refractivity contribution in [2.75, 3.05) is 19.0 Å². The molecule has 0 N–H and O–H groups in total. The minimum absolute atomic E-state index is 0. The summed E-state index contributed by atoms with van der Waals surface area (Å²) in [6.07, 6.45) is 1.85. The molecule has 0 amide bonds. The zero-order valence-corrected chi connectivity index (χ0v) is 31.8. The number of nitrogens with zero attached hydrogens (tertiary/aromatic N) is 5. The topological polar surface area (TPSA) is 48.1 Å². The standard InChI is InChI=1S/C43H43N5O.Pd/c1-26(2)42-41(40-29(6)22-32(46(8)9)23-30(40)7)43(27(3)4)48(45-42)31-13-12-14-33(24-31)49-34-17-18-36-35-15-10-11-16-37(35)47(38(36)25-34)39-21-28(5)19-20-44-39;/h10-23,26-27H,1-9H3;/q-2;+2. The van der Waals surface area contributed by atoms with E-state index in [4.69, 9.17) is 14.8 Å². The number of anilines is 1. The van der Waals surface area contributed by atoms with Gasteiger partial charge in [-0.15, -0.1) is 35.7 Å². The van der Waals surface area contributed by atoms with Gasteiger partial charge in [-0.1, -0.05) is 51.4 Å². The van der Waals surface area contributed by atoms with Gasteiger partial charge < -0.3 is 14.2 Å². The Labute approximate surface area is 309 Å². The number of pyridine rings is 1. The van der Waals surface area contributed by atoms with Crippen molar-refractivity contribution in [3.8, 4) is 34.1 Å². The van der Waals surface area contributed by atoms with E-state index in [-0.39, 0.29) is 32.3 Å². The Kier molecular flexibility index (Phi) is 9.77. The number of hydrogen-bond donors (Lipinski definition) is 0. The molecule has 0 bridgehead atoms. The van der Waals surface area contributed by atoms with Crippen molar-refractivity contribution in [3.05, 3.63) is 125 Å². The van der Waals surface area contributed by atoms with Crippen LogP contribution < -0.4 is 9.64 Å². The van der Waals surface area contributed by atoms with Gasteiger partial charge in [0.15, 0.2) is 0 Å². The van der Waals surface area contributed by atoms with Crippen LogP contribution in [-0.2, 0) is 20.4 Å². The van der Waals surface area contributed by atoms with Gasteiger partial charge in [0.25, 0.3) is 0 Å². The summed E-state index contributed by atoms with van der Waals surface area (Å²) in [5, 5.41) is 7.53. The van der Waals surface area contributed by atoms with Gasteiger partial charge in [-0.2, -0.15) is 17.2 Å². The van der Waals surface area contributed by atoms with Crippen LogP contribution in [0.5, 0.6) is 11.5 Å². The summed E-state index contributed by atoms with van der Waals surface area (Å²) in [5.74, 6) is 2.51. The van der Waals surface area contributed by atoms with Crippen LogP contribution >= 0.6 is 0 Å². The predicted octanol–water partition coefficient (Wildman–Crippen LogP) is 10.7. The summed E-state index contributed by atoms with van der Waals surface area (Å²) >= 11 is 0. The van der Waals surface area contributed by atoms with Crippen molar-refractivity contribution in [1.29, 1.82) is 0 Å². The third-order valence-electron chi connectivity index (χ3n) is 9.21. The van der Waals surface area contributed by atoms with Gasteiger partial charge >= 0.3 is 20.4 Å². The Morgan fingerprint density at radius 1 is 0.740 bits per heavy atom. The van der Waals surface area contributed by atoms with Gasteiger partial charge in [0, 0.05) is 48.6 Å². The first kappa shape index (κ1) is 35.1. The summed E-state index contributed by atoms with van der Waals surface area (Å²) in [6, 6.07) is 34.3. The van der Waals surface area contributed by atoms with E-state index >= 15 is 0 Å².